The van der Waals surface area contributed by atoms with Gasteiger partial charge in [-0.05, 0) is 30.9 Å². The van der Waals surface area contributed by atoms with Gasteiger partial charge in [-0.3, -0.25) is 0 Å². The van der Waals surface area contributed by atoms with Crippen molar-refractivity contribution in [2.45, 2.75) is 39.7 Å². The summed E-state index contributed by atoms with van der Waals surface area (Å²) in [5.74, 6) is 1.04. The largest absolute Gasteiger partial charge is 0.388 e. The summed E-state index contributed by atoms with van der Waals surface area (Å²) in [4.78, 5) is 4.29. The first-order chi connectivity index (χ1) is 7.45. The normalized spacial score (nSPS) is 14.9. The van der Waals surface area contributed by atoms with Gasteiger partial charge < -0.3 is 10.4 Å². The molecule has 0 saturated heterocycles. The molecular formula is C13H22N2O. The lowest BCUT2D eigenvalue weighted by Crippen LogP contribution is -2.38. The summed E-state index contributed by atoms with van der Waals surface area (Å²) in [6, 6.07) is 4.01. The van der Waals surface area contributed by atoms with Crippen LogP contribution in [0, 0.1) is 5.92 Å². The number of anilines is 1. The second-order valence-corrected chi connectivity index (χ2v) is 4.77. The van der Waals surface area contributed by atoms with Gasteiger partial charge in [0.2, 0.25) is 0 Å². The van der Waals surface area contributed by atoms with Crippen molar-refractivity contribution in [1.29, 1.82) is 0 Å². The van der Waals surface area contributed by atoms with Gasteiger partial charge in [-0.15, -0.1) is 0 Å². The van der Waals surface area contributed by atoms with Crippen LogP contribution in [0.15, 0.2) is 18.3 Å². The first kappa shape index (κ1) is 13.0. The van der Waals surface area contributed by atoms with Crippen LogP contribution in [0.4, 0.5) is 5.82 Å². The van der Waals surface area contributed by atoms with Crippen molar-refractivity contribution >= 4 is 5.82 Å². The Balaban J connectivity index is 2.54. The number of pyridine rings is 1. The van der Waals surface area contributed by atoms with Gasteiger partial charge in [-0.25, -0.2) is 4.98 Å². The number of aryl methyl sites for hydroxylation is 1. The van der Waals surface area contributed by atoms with Gasteiger partial charge in [0.05, 0.1) is 5.60 Å². The van der Waals surface area contributed by atoms with Crippen molar-refractivity contribution in [2.75, 3.05) is 11.9 Å². The first-order valence-corrected chi connectivity index (χ1v) is 5.87. The van der Waals surface area contributed by atoms with E-state index in [1.807, 2.05) is 33.0 Å². The van der Waals surface area contributed by atoms with Crippen LogP contribution in [0.2, 0.25) is 0 Å². The van der Waals surface area contributed by atoms with Crippen LogP contribution in [-0.2, 0) is 6.42 Å². The molecule has 1 atom stereocenters. The molecule has 2 N–H and O–H groups in total. The molecule has 1 unspecified atom stereocenters. The summed E-state index contributed by atoms with van der Waals surface area (Å²) in [7, 11) is 0. The zero-order valence-electron chi connectivity index (χ0n) is 10.6. The SMILES string of the molecule is CCc1ccc(NCC(C)(O)C(C)C)nc1. The maximum Gasteiger partial charge on any atom is 0.125 e. The number of nitrogens with one attached hydrogen (secondary N) is 1. The highest BCUT2D eigenvalue weighted by Gasteiger charge is 2.24. The quantitative estimate of drug-likeness (QED) is 0.804. The van der Waals surface area contributed by atoms with E-state index in [1.165, 1.54) is 5.56 Å². The van der Waals surface area contributed by atoms with Crippen molar-refractivity contribution in [2.24, 2.45) is 5.92 Å². The molecule has 16 heavy (non-hydrogen) atoms. The maximum absolute atomic E-state index is 10.1. The minimum Gasteiger partial charge on any atom is -0.388 e. The molecular weight excluding hydrogens is 200 g/mol. The molecule has 3 nitrogen and oxygen atoms in total. The van der Waals surface area contributed by atoms with Crippen molar-refractivity contribution in [3.05, 3.63) is 23.9 Å². The van der Waals surface area contributed by atoms with Gasteiger partial charge in [0.1, 0.15) is 5.82 Å². The number of hydrogen-bond donors (Lipinski definition) is 2. The number of rotatable bonds is 5. The molecule has 1 aromatic rings. The topological polar surface area (TPSA) is 45.1 Å². The van der Waals surface area contributed by atoms with Gasteiger partial charge in [0.25, 0.3) is 0 Å². The van der Waals surface area contributed by atoms with Crippen molar-refractivity contribution in [3.63, 3.8) is 0 Å². The minimum atomic E-state index is -0.703. The number of aromatic nitrogens is 1. The lowest BCUT2D eigenvalue weighted by atomic mass is 9.92. The Hall–Kier alpha value is -1.09. The molecule has 0 bridgehead atoms. The van der Waals surface area contributed by atoms with Crippen molar-refractivity contribution in [1.82, 2.24) is 4.98 Å². The summed E-state index contributed by atoms with van der Waals surface area (Å²) in [6.45, 7) is 8.48. The highest BCUT2D eigenvalue weighted by molar-refractivity contribution is 5.35. The molecule has 0 spiro atoms. The number of aliphatic hydroxyl groups is 1. The van der Waals surface area contributed by atoms with E-state index in [-0.39, 0.29) is 5.92 Å². The summed E-state index contributed by atoms with van der Waals surface area (Å²) in [5, 5.41) is 13.2. The molecule has 1 aromatic heterocycles. The molecule has 3 heteroatoms. The third-order valence-corrected chi connectivity index (χ3v) is 3.10. The summed E-state index contributed by atoms with van der Waals surface area (Å²) >= 11 is 0. The van der Waals surface area contributed by atoms with Crippen LogP contribution in [0.1, 0.15) is 33.3 Å². The Morgan fingerprint density at radius 3 is 2.56 bits per heavy atom. The van der Waals surface area contributed by atoms with Crippen LogP contribution < -0.4 is 5.32 Å². The molecule has 0 saturated carbocycles. The van der Waals surface area contributed by atoms with E-state index >= 15 is 0 Å². The average Bonchev–Trinajstić information content (AvgIpc) is 2.27. The van der Waals surface area contributed by atoms with Gasteiger partial charge in [-0.1, -0.05) is 26.8 Å². The van der Waals surface area contributed by atoms with Crippen molar-refractivity contribution in [3.8, 4) is 0 Å². The molecule has 0 aliphatic carbocycles. The standard InChI is InChI=1S/C13H22N2O/c1-5-11-6-7-12(14-8-11)15-9-13(4,16)10(2)3/h6-8,10,16H,5,9H2,1-4H3,(H,14,15). The fourth-order valence-electron chi connectivity index (χ4n) is 1.21. The van der Waals surface area contributed by atoms with E-state index in [0.717, 1.165) is 12.2 Å². The van der Waals surface area contributed by atoms with E-state index in [2.05, 4.69) is 23.3 Å². The Kier molecular flexibility index (Phi) is 4.30. The molecule has 0 radical (unpaired) electrons. The maximum atomic E-state index is 10.1. The fourth-order valence-corrected chi connectivity index (χ4v) is 1.21. The molecule has 1 heterocycles. The number of hydrogen-bond acceptors (Lipinski definition) is 3. The Morgan fingerprint density at radius 1 is 1.44 bits per heavy atom. The van der Waals surface area contributed by atoms with Crippen LogP contribution in [-0.4, -0.2) is 22.2 Å². The summed E-state index contributed by atoms with van der Waals surface area (Å²) < 4.78 is 0. The second-order valence-electron chi connectivity index (χ2n) is 4.77. The van der Waals surface area contributed by atoms with E-state index < -0.39 is 5.60 Å². The smallest absolute Gasteiger partial charge is 0.125 e. The van der Waals surface area contributed by atoms with Crippen LogP contribution in [0.3, 0.4) is 0 Å². The van der Waals surface area contributed by atoms with Crippen LogP contribution in [0.25, 0.3) is 0 Å². The zero-order chi connectivity index (χ0) is 12.2. The molecule has 0 aromatic carbocycles. The highest BCUT2D eigenvalue weighted by Crippen LogP contribution is 2.16. The second kappa shape index (κ2) is 5.30. The zero-order valence-corrected chi connectivity index (χ0v) is 10.6. The van der Waals surface area contributed by atoms with Crippen LogP contribution >= 0.6 is 0 Å². The highest BCUT2D eigenvalue weighted by atomic mass is 16.3. The predicted octanol–water partition coefficient (Wildman–Crippen LogP) is 2.46. The molecule has 0 fully saturated rings. The molecule has 90 valence electrons. The van der Waals surface area contributed by atoms with Crippen LogP contribution in [0.5, 0.6) is 0 Å². The lowest BCUT2D eigenvalue weighted by Gasteiger charge is -2.28. The van der Waals surface area contributed by atoms with Gasteiger partial charge in [-0.2, -0.15) is 0 Å². The van der Waals surface area contributed by atoms with E-state index in [4.69, 9.17) is 0 Å². The predicted molar refractivity (Wildman–Crippen MR) is 67.6 cm³/mol. The Labute approximate surface area is 97.9 Å². The summed E-state index contributed by atoms with van der Waals surface area (Å²) in [5.41, 5.74) is 0.520. The van der Waals surface area contributed by atoms with E-state index in [9.17, 15) is 5.11 Å². The van der Waals surface area contributed by atoms with Gasteiger partial charge in [0.15, 0.2) is 0 Å². The van der Waals surface area contributed by atoms with E-state index in [1.54, 1.807) is 0 Å². The third-order valence-electron chi connectivity index (χ3n) is 3.10. The molecule has 0 aliphatic rings. The average molecular weight is 222 g/mol. The Morgan fingerprint density at radius 2 is 2.12 bits per heavy atom. The Bertz CT molecular complexity index is 317. The van der Waals surface area contributed by atoms with E-state index in [0.29, 0.717) is 6.54 Å². The van der Waals surface area contributed by atoms with Gasteiger partial charge in [0, 0.05) is 12.7 Å². The molecule has 1 rings (SSSR count). The third kappa shape index (κ3) is 3.49. The molecule has 0 aliphatic heterocycles. The first-order valence-electron chi connectivity index (χ1n) is 5.87. The fraction of sp³-hybridized carbons (Fsp3) is 0.615. The summed E-state index contributed by atoms with van der Waals surface area (Å²) in [6.07, 6.45) is 2.86. The monoisotopic (exact) mass is 222 g/mol. The lowest BCUT2D eigenvalue weighted by molar-refractivity contribution is 0.0265. The van der Waals surface area contributed by atoms with Gasteiger partial charge >= 0.3 is 0 Å². The molecule has 0 amide bonds. The van der Waals surface area contributed by atoms with Crippen molar-refractivity contribution < 1.29 is 5.11 Å². The number of nitrogens with zero attached hydrogens (tertiary/aromatic N) is 1. The minimum absolute atomic E-state index is 0.218.